The van der Waals surface area contributed by atoms with Gasteiger partial charge >= 0.3 is 11.9 Å². The zero-order valence-electron chi connectivity index (χ0n) is 17.6. The molecule has 0 fully saturated rings. The van der Waals surface area contributed by atoms with E-state index in [2.05, 4.69) is 26.3 Å². The van der Waals surface area contributed by atoms with Crippen molar-refractivity contribution in [1.82, 2.24) is 0 Å². The fourth-order valence-corrected chi connectivity index (χ4v) is 2.66. The number of hydrogen-bond donors (Lipinski definition) is 0. The van der Waals surface area contributed by atoms with Crippen molar-refractivity contribution in [3.05, 3.63) is 97.1 Å². The second-order valence-electron chi connectivity index (χ2n) is 6.96. The highest BCUT2D eigenvalue weighted by Gasteiger charge is 2.30. The van der Waals surface area contributed by atoms with Crippen LogP contribution < -0.4 is 9.47 Å². The summed E-state index contributed by atoms with van der Waals surface area (Å²) in [6.45, 7) is 20.4. The Labute approximate surface area is 173 Å². The summed E-state index contributed by atoms with van der Waals surface area (Å²) in [4.78, 5) is 24.0. The largest absolute Gasteiger partial charge is 0.423 e. The maximum Gasteiger partial charge on any atom is 0.338 e. The SMILES string of the molecule is C=C.C=C(C)C(=O)Oc1ccccc1C(C)(C)c1ccccc1OC(=O)C(=C)C. The molecule has 0 bridgehead atoms. The molecule has 152 valence electrons. The molecule has 0 aromatic heterocycles. The number of carbonyl (C=O) groups excluding carboxylic acids is 2. The van der Waals surface area contributed by atoms with Crippen LogP contribution in [0, 0.1) is 0 Å². The summed E-state index contributed by atoms with van der Waals surface area (Å²) in [5, 5.41) is 0. The van der Waals surface area contributed by atoms with E-state index in [-0.39, 0.29) is 0 Å². The van der Waals surface area contributed by atoms with Crippen molar-refractivity contribution in [2.75, 3.05) is 0 Å². The van der Waals surface area contributed by atoms with Crippen LogP contribution in [-0.2, 0) is 15.0 Å². The number of hydrogen-bond acceptors (Lipinski definition) is 4. The molecule has 2 aromatic rings. The normalized spacial score (nSPS) is 10.2. The molecule has 4 heteroatoms. The van der Waals surface area contributed by atoms with E-state index in [0.717, 1.165) is 11.1 Å². The minimum absolute atomic E-state index is 0.318. The van der Waals surface area contributed by atoms with Gasteiger partial charge in [0, 0.05) is 27.7 Å². The second-order valence-corrected chi connectivity index (χ2v) is 6.96. The molecule has 0 saturated carbocycles. The van der Waals surface area contributed by atoms with Gasteiger partial charge in [-0.15, -0.1) is 13.2 Å². The summed E-state index contributed by atoms with van der Waals surface area (Å²) in [6, 6.07) is 14.6. The van der Waals surface area contributed by atoms with Crippen molar-refractivity contribution in [2.24, 2.45) is 0 Å². The minimum Gasteiger partial charge on any atom is -0.423 e. The summed E-state index contributed by atoms with van der Waals surface area (Å²) in [5.74, 6) is -0.0893. The molecule has 0 saturated heterocycles. The molecular formula is C25H28O4. The van der Waals surface area contributed by atoms with Crippen molar-refractivity contribution in [3.8, 4) is 11.5 Å². The van der Waals surface area contributed by atoms with Crippen molar-refractivity contribution in [3.63, 3.8) is 0 Å². The Hall–Kier alpha value is -3.40. The van der Waals surface area contributed by atoms with Gasteiger partial charge in [-0.25, -0.2) is 9.59 Å². The lowest BCUT2D eigenvalue weighted by atomic mass is 9.77. The van der Waals surface area contributed by atoms with Crippen LogP contribution >= 0.6 is 0 Å². The molecule has 29 heavy (non-hydrogen) atoms. The molecule has 0 heterocycles. The molecule has 2 aromatic carbocycles. The first kappa shape index (κ1) is 23.6. The average Bonchev–Trinajstić information content (AvgIpc) is 2.70. The summed E-state index contributed by atoms with van der Waals surface area (Å²) in [5.41, 5.74) is 1.62. The van der Waals surface area contributed by atoms with Crippen molar-refractivity contribution in [2.45, 2.75) is 33.1 Å². The summed E-state index contributed by atoms with van der Waals surface area (Å²) >= 11 is 0. The number of ether oxygens (including phenoxy) is 2. The lowest BCUT2D eigenvalue weighted by Crippen LogP contribution is -2.23. The van der Waals surface area contributed by atoms with Gasteiger partial charge in [-0.2, -0.15) is 0 Å². The van der Waals surface area contributed by atoms with Gasteiger partial charge in [0.05, 0.1) is 0 Å². The smallest absolute Gasteiger partial charge is 0.338 e. The summed E-state index contributed by atoms with van der Waals surface area (Å²) in [7, 11) is 0. The molecule has 0 atom stereocenters. The number of para-hydroxylation sites is 2. The molecular weight excluding hydrogens is 364 g/mol. The molecule has 0 N–H and O–H groups in total. The Balaban J connectivity index is 0.00000204. The van der Waals surface area contributed by atoms with E-state index in [1.165, 1.54) is 0 Å². The molecule has 0 aliphatic heterocycles. The van der Waals surface area contributed by atoms with E-state index < -0.39 is 17.4 Å². The van der Waals surface area contributed by atoms with Crippen molar-refractivity contribution < 1.29 is 19.1 Å². The van der Waals surface area contributed by atoms with Gasteiger partial charge in [0.15, 0.2) is 0 Å². The first-order valence-electron chi connectivity index (χ1n) is 9.09. The monoisotopic (exact) mass is 392 g/mol. The van der Waals surface area contributed by atoms with Gasteiger partial charge in [0.1, 0.15) is 11.5 Å². The van der Waals surface area contributed by atoms with Crippen molar-refractivity contribution in [1.29, 1.82) is 0 Å². The minimum atomic E-state index is -0.599. The molecule has 2 rings (SSSR count). The second kappa shape index (κ2) is 10.2. The van der Waals surface area contributed by atoms with Crippen LogP contribution in [-0.4, -0.2) is 11.9 Å². The van der Waals surface area contributed by atoms with Crippen LogP contribution in [0.25, 0.3) is 0 Å². The number of benzene rings is 2. The van der Waals surface area contributed by atoms with E-state index in [1.54, 1.807) is 38.1 Å². The molecule has 0 unspecified atom stereocenters. The molecule has 0 amide bonds. The maximum atomic E-state index is 12.0. The quantitative estimate of drug-likeness (QED) is 0.271. The van der Waals surface area contributed by atoms with Gasteiger partial charge in [0.25, 0.3) is 0 Å². The predicted molar refractivity (Wildman–Crippen MR) is 117 cm³/mol. The third-order valence-corrected chi connectivity index (χ3v) is 4.22. The van der Waals surface area contributed by atoms with Gasteiger partial charge in [-0.3, -0.25) is 0 Å². The molecule has 0 aliphatic rings. The third kappa shape index (κ3) is 5.79. The van der Waals surface area contributed by atoms with Crippen molar-refractivity contribution >= 4 is 11.9 Å². The Morgan fingerprint density at radius 1 is 0.724 bits per heavy atom. The highest BCUT2D eigenvalue weighted by atomic mass is 16.5. The fourth-order valence-electron chi connectivity index (χ4n) is 2.66. The van der Waals surface area contributed by atoms with E-state index >= 15 is 0 Å². The first-order valence-corrected chi connectivity index (χ1v) is 9.09. The highest BCUT2D eigenvalue weighted by Crippen LogP contribution is 2.41. The van der Waals surface area contributed by atoms with Gasteiger partial charge < -0.3 is 9.47 Å². The van der Waals surface area contributed by atoms with Gasteiger partial charge in [0.2, 0.25) is 0 Å². The fraction of sp³-hybridized carbons (Fsp3) is 0.200. The number of esters is 2. The Morgan fingerprint density at radius 3 is 1.34 bits per heavy atom. The standard InChI is InChI=1S/C23H24O4.C2H4/c1-15(2)21(24)26-19-13-9-7-11-17(19)23(5,6)18-12-8-10-14-20(18)27-22(25)16(3)4;1-2/h7-14H,1,3H2,2,4-6H3;1-2H2. The maximum absolute atomic E-state index is 12.0. The predicted octanol–water partition coefficient (Wildman–Crippen LogP) is 5.78. The summed E-state index contributed by atoms with van der Waals surface area (Å²) < 4.78 is 11.0. The van der Waals surface area contributed by atoms with Crippen LogP contribution in [0.3, 0.4) is 0 Å². The Morgan fingerprint density at radius 2 is 1.03 bits per heavy atom. The highest BCUT2D eigenvalue weighted by molar-refractivity contribution is 5.89. The summed E-state index contributed by atoms with van der Waals surface area (Å²) in [6.07, 6.45) is 0. The average molecular weight is 392 g/mol. The Kier molecular flexibility index (Phi) is 8.34. The zero-order chi connectivity index (χ0) is 22.2. The molecule has 4 nitrogen and oxygen atoms in total. The first-order chi connectivity index (χ1) is 13.6. The number of carbonyl (C=O) groups is 2. The van der Waals surface area contributed by atoms with Crippen LogP contribution in [0.5, 0.6) is 11.5 Å². The topological polar surface area (TPSA) is 52.6 Å². The van der Waals surface area contributed by atoms with Gasteiger partial charge in [-0.1, -0.05) is 63.4 Å². The lowest BCUT2D eigenvalue weighted by molar-refractivity contribution is -0.130. The molecule has 0 spiro atoms. The van der Waals surface area contributed by atoms with Crippen LogP contribution in [0.15, 0.2) is 86.0 Å². The molecule has 0 radical (unpaired) electrons. The van der Waals surface area contributed by atoms with Gasteiger partial charge in [-0.05, 0) is 26.0 Å². The molecule has 0 aliphatic carbocycles. The third-order valence-electron chi connectivity index (χ3n) is 4.22. The van der Waals surface area contributed by atoms with E-state index in [9.17, 15) is 9.59 Å². The van der Waals surface area contributed by atoms with Crippen LogP contribution in [0.2, 0.25) is 0 Å². The van der Waals surface area contributed by atoms with Crippen LogP contribution in [0.4, 0.5) is 0 Å². The van der Waals surface area contributed by atoms with E-state index in [1.807, 2.05) is 38.1 Å². The number of rotatable bonds is 6. The van der Waals surface area contributed by atoms with E-state index in [0.29, 0.717) is 22.6 Å². The Bertz CT molecular complexity index is 848. The van der Waals surface area contributed by atoms with Crippen LogP contribution in [0.1, 0.15) is 38.8 Å². The van der Waals surface area contributed by atoms with E-state index in [4.69, 9.17) is 9.47 Å². The lowest BCUT2D eigenvalue weighted by Gasteiger charge is -2.29. The zero-order valence-corrected chi connectivity index (χ0v) is 17.6.